The van der Waals surface area contributed by atoms with Crippen LogP contribution in [-0.4, -0.2) is 20.5 Å². The maximum Gasteiger partial charge on any atom is 0.255 e. The Morgan fingerprint density at radius 2 is 1.72 bits per heavy atom. The summed E-state index contributed by atoms with van der Waals surface area (Å²) in [5.74, 6) is -0.137. The number of aryl methyl sites for hydroxylation is 2. The van der Waals surface area contributed by atoms with Crippen LogP contribution in [0.15, 0.2) is 66.9 Å². The van der Waals surface area contributed by atoms with Crippen molar-refractivity contribution in [1.29, 1.82) is 0 Å². The minimum absolute atomic E-state index is 0.0941. The van der Waals surface area contributed by atoms with Gasteiger partial charge in [0, 0.05) is 11.8 Å². The number of benzene rings is 2. The third-order valence-electron chi connectivity index (χ3n) is 5.21. The molecule has 2 heterocycles. The fourth-order valence-corrected chi connectivity index (χ4v) is 3.71. The van der Waals surface area contributed by atoms with Gasteiger partial charge in [-0.3, -0.25) is 4.79 Å². The zero-order valence-corrected chi connectivity index (χ0v) is 16.9. The third-order valence-corrected chi connectivity index (χ3v) is 5.21. The van der Waals surface area contributed by atoms with Crippen LogP contribution < -0.4 is 5.32 Å². The van der Waals surface area contributed by atoms with Gasteiger partial charge >= 0.3 is 0 Å². The Hall–Kier alpha value is -3.47. The second kappa shape index (κ2) is 7.87. The average Bonchev–Trinajstić information content (AvgIpc) is 3.09. The molecule has 0 aliphatic heterocycles. The molecule has 0 spiro atoms. The van der Waals surface area contributed by atoms with E-state index in [1.54, 1.807) is 6.20 Å². The summed E-state index contributed by atoms with van der Waals surface area (Å²) in [6.45, 7) is 6.00. The minimum atomic E-state index is -0.137. The second-order valence-electron chi connectivity index (χ2n) is 7.14. The minimum Gasteiger partial charge on any atom is -0.345 e. The topological polar surface area (TPSA) is 59.3 Å². The normalized spacial score (nSPS) is 12.1. The molecule has 1 N–H and O–H groups in total. The summed E-state index contributed by atoms with van der Waals surface area (Å²) in [4.78, 5) is 17.6. The fraction of sp³-hybridized carbons (Fsp3) is 0.208. The highest BCUT2D eigenvalue weighted by molar-refractivity contribution is 5.96. The van der Waals surface area contributed by atoms with Gasteiger partial charge in [-0.1, -0.05) is 67.6 Å². The molecule has 29 heavy (non-hydrogen) atoms. The fourth-order valence-electron chi connectivity index (χ4n) is 3.71. The Morgan fingerprint density at radius 1 is 1.07 bits per heavy atom. The van der Waals surface area contributed by atoms with Crippen molar-refractivity contribution < 1.29 is 4.79 Å². The standard InChI is InChI=1S/C24H24N4O/c1-4-21-20(24(29)26-16(2)18-11-7-5-8-12-18)15-25-23-22(17(3)27-28(21)23)19-13-9-6-10-14-19/h5-16H,4H2,1-3H3,(H,26,29)/t16-/m1/s1. The molecule has 0 fully saturated rings. The predicted molar refractivity (Wildman–Crippen MR) is 115 cm³/mol. The molecule has 146 valence electrons. The first kappa shape index (κ1) is 18.9. The van der Waals surface area contributed by atoms with Gasteiger partial charge in [-0.25, -0.2) is 9.50 Å². The summed E-state index contributed by atoms with van der Waals surface area (Å²) in [5, 5.41) is 7.80. The van der Waals surface area contributed by atoms with E-state index in [0.29, 0.717) is 12.0 Å². The molecule has 0 saturated carbocycles. The van der Waals surface area contributed by atoms with Crippen LogP contribution in [-0.2, 0) is 6.42 Å². The molecule has 2 aromatic heterocycles. The van der Waals surface area contributed by atoms with E-state index in [-0.39, 0.29) is 11.9 Å². The number of aromatic nitrogens is 3. The lowest BCUT2D eigenvalue weighted by Crippen LogP contribution is -2.28. The highest BCUT2D eigenvalue weighted by Crippen LogP contribution is 2.28. The van der Waals surface area contributed by atoms with Gasteiger partial charge in [0.15, 0.2) is 5.65 Å². The maximum absolute atomic E-state index is 13.0. The zero-order valence-electron chi connectivity index (χ0n) is 16.9. The molecule has 4 rings (SSSR count). The summed E-state index contributed by atoms with van der Waals surface area (Å²) in [7, 11) is 0. The summed E-state index contributed by atoms with van der Waals surface area (Å²) in [5.41, 5.74) is 6.23. The molecule has 0 bridgehead atoms. The van der Waals surface area contributed by atoms with Gasteiger partial charge in [0.2, 0.25) is 0 Å². The Balaban J connectivity index is 1.74. The van der Waals surface area contributed by atoms with E-state index < -0.39 is 0 Å². The van der Waals surface area contributed by atoms with Gasteiger partial charge in [-0.05, 0) is 31.4 Å². The smallest absolute Gasteiger partial charge is 0.255 e. The Labute approximate surface area is 170 Å². The van der Waals surface area contributed by atoms with E-state index in [4.69, 9.17) is 5.10 Å². The number of amides is 1. The lowest BCUT2D eigenvalue weighted by atomic mass is 10.1. The Kier molecular flexibility index (Phi) is 5.12. The summed E-state index contributed by atoms with van der Waals surface area (Å²) < 4.78 is 1.82. The van der Waals surface area contributed by atoms with Crippen molar-refractivity contribution in [3.05, 3.63) is 89.4 Å². The van der Waals surface area contributed by atoms with Crippen LogP contribution in [0.4, 0.5) is 0 Å². The number of nitrogens with zero attached hydrogens (tertiary/aromatic N) is 3. The lowest BCUT2D eigenvalue weighted by molar-refractivity contribution is 0.0938. The summed E-state index contributed by atoms with van der Waals surface area (Å²) in [6, 6.07) is 20.0. The number of carbonyl (C=O) groups is 1. The first-order valence-corrected chi connectivity index (χ1v) is 9.88. The molecule has 0 saturated heterocycles. The number of hydrogen-bond acceptors (Lipinski definition) is 3. The molecule has 0 aliphatic carbocycles. The van der Waals surface area contributed by atoms with Crippen LogP contribution in [0.2, 0.25) is 0 Å². The SMILES string of the molecule is CCc1c(C(=O)N[C@H](C)c2ccccc2)cnc2c(-c3ccccc3)c(C)nn12. The number of fused-ring (bicyclic) bond motifs is 1. The largest absolute Gasteiger partial charge is 0.345 e. The molecule has 0 unspecified atom stereocenters. The zero-order chi connectivity index (χ0) is 20.4. The molecule has 2 aromatic carbocycles. The second-order valence-corrected chi connectivity index (χ2v) is 7.14. The van der Waals surface area contributed by atoms with Crippen LogP contribution in [0.1, 0.15) is 47.2 Å². The lowest BCUT2D eigenvalue weighted by Gasteiger charge is -2.16. The van der Waals surface area contributed by atoms with Crippen molar-refractivity contribution in [3.63, 3.8) is 0 Å². The monoisotopic (exact) mass is 384 g/mol. The quantitative estimate of drug-likeness (QED) is 0.540. The maximum atomic E-state index is 13.0. The number of hydrogen-bond donors (Lipinski definition) is 1. The van der Waals surface area contributed by atoms with Crippen molar-refractivity contribution in [2.24, 2.45) is 0 Å². The number of carbonyl (C=O) groups excluding carboxylic acids is 1. The van der Waals surface area contributed by atoms with Crippen molar-refractivity contribution in [3.8, 4) is 11.1 Å². The Bertz CT molecular complexity index is 1150. The molecule has 0 aliphatic rings. The van der Waals surface area contributed by atoms with Gasteiger partial charge in [0.25, 0.3) is 5.91 Å². The van der Waals surface area contributed by atoms with E-state index in [2.05, 4.69) is 22.4 Å². The first-order chi connectivity index (χ1) is 14.1. The first-order valence-electron chi connectivity index (χ1n) is 9.88. The van der Waals surface area contributed by atoms with Gasteiger partial charge in [-0.2, -0.15) is 5.10 Å². The molecule has 4 aromatic rings. The van der Waals surface area contributed by atoms with E-state index in [9.17, 15) is 4.79 Å². The van der Waals surface area contributed by atoms with Crippen LogP contribution >= 0.6 is 0 Å². The van der Waals surface area contributed by atoms with E-state index in [1.807, 2.05) is 73.8 Å². The van der Waals surface area contributed by atoms with Crippen molar-refractivity contribution >= 4 is 11.6 Å². The average molecular weight is 384 g/mol. The molecular weight excluding hydrogens is 360 g/mol. The highest BCUT2D eigenvalue weighted by Gasteiger charge is 2.21. The van der Waals surface area contributed by atoms with E-state index in [1.165, 1.54) is 0 Å². The highest BCUT2D eigenvalue weighted by atomic mass is 16.1. The van der Waals surface area contributed by atoms with Crippen molar-refractivity contribution in [1.82, 2.24) is 19.9 Å². The van der Waals surface area contributed by atoms with Crippen LogP contribution in [0, 0.1) is 6.92 Å². The predicted octanol–water partition coefficient (Wildman–Crippen LogP) is 4.76. The van der Waals surface area contributed by atoms with Crippen molar-refractivity contribution in [2.75, 3.05) is 0 Å². The molecule has 0 radical (unpaired) electrons. The number of nitrogens with one attached hydrogen (secondary N) is 1. The van der Waals surface area contributed by atoms with Gasteiger partial charge in [0.1, 0.15) is 0 Å². The molecule has 1 amide bonds. The van der Waals surface area contributed by atoms with Crippen molar-refractivity contribution in [2.45, 2.75) is 33.2 Å². The Morgan fingerprint density at radius 3 is 2.38 bits per heavy atom. The van der Waals surface area contributed by atoms with Gasteiger partial charge < -0.3 is 5.32 Å². The van der Waals surface area contributed by atoms with E-state index >= 15 is 0 Å². The summed E-state index contributed by atoms with van der Waals surface area (Å²) >= 11 is 0. The third kappa shape index (κ3) is 3.51. The van der Waals surface area contributed by atoms with Gasteiger partial charge in [-0.15, -0.1) is 0 Å². The van der Waals surface area contributed by atoms with Crippen LogP contribution in [0.3, 0.4) is 0 Å². The number of rotatable bonds is 5. The molecular formula is C24H24N4O. The van der Waals surface area contributed by atoms with Crippen LogP contribution in [0.25, 0.3) is 16.8 Å². The molecule has 1 atom stereocenters. The molecule has 5 nitrogen and oxygen atoms in total. The van der Waals surface area contributed by atoms with Crippen LogP contribution in [0.5, 0.6) is 0 Å². The van der Waals surface area contributed by atoms with E-state index in [0.717, 1.165) is 33.7 Å². The molecule has 5 heteroatoms. The van der Waals surface area contributed by atoms with Gasteiger partial charge in [0.05, 0.1) is 23.0 Å². The summed E-state index contributed by atoms with van der Waals surface area (Å²) in [6.07, 6.45) is 2.35.